The van der Waals surface area contributed by atoms with Gasteiger partial charge in [-0.15, -0.1) is 11.8 Å². The number of Topliss-reactive ketones (excluding diaryl/α,β-unsaturated/α-hetero) is 1. The highest BCUT2D eigenvalue weighted by Crippen LogP contribution is 2.27. The van der Waals surface area contributed by atoms with E-state index in [4.69, 9.17) is 4.74 Å². The molecule has 2 aromatic rings. The van der Waals surface area contributed by atoms with Crippen LogP contribution in [0, 0.1) is 0 Å². The fourth-order valence-electron chi connectivity index (χ4n) is 1.97. The van der Waals surface area contributed by atoms with Crippen LogP contribution in [0.4, 0.5) is 0 Å². The molecule has 5 nitrogen and oxygen atoms in total. The fourth-order valence-corrected chi connectivity index (χ4v) is 2.79. The van der Waals surface area contributed by atoms with Gasteiger partial charge in [-0.05, 0) is 12.1 Å². The quantitative estimate of drug-likeness (QED) is 0.859. The Hall–Kier alpha value is -2.34. The number of allylic oxidation sites excluding steroid dienone is 2. The highest BCUT2D eigenvalue weighted by molar-refractivity contribution is 8.04. The largest absolute Gasteiger partial charge is 0.493 e. The van der Waals surface area contributed by atoms with Crippen molar-refractivity contribution >= 4 is 23.3 Å². The average Bonchev–Trinajstić information content (AvgIpc) is 3.00. The van der Waals surface area contributed by atoms with E-state index in [0.29, 0.717) is 22.8 Å². The zero-order chi connectivity index (χ0) is 14.7. The lowest BCUT2D eigenvalue weighted by Crippen LogP contribution is -2.15. The van der Waals surface area contributed by atoms with E-state index in [9.17, 15) is 9.59 Å². The third kappa shape index (κ3) is 2.90. The van der Waals surface area contributed by atoms with Crippen molar-refractivity contribution in [2.24, 2.45) is 0 Å². The third-order valence-electron chi connectivity index (χ3n) is 2.97. The van der Waals surface area contributed by atoms with Crippen LogP contribution < -0.4 is 4.74 Å². The lowest BCUT2D eigenvalue weighted by Gasteiger charge is -2.11. The van der Waals surface area contributed by atoms with E-state index in [2.05, 4.69) is 10.2 Å². The van der Waals surface area contributed by atoms with Crippen molar-refractivity contribution in [3.05, 3.63) is 58.8 Å². The molecule has 0 fully saturated rings. The van der Waals surface area contributed by atoms with Gasteiger partial charge < -0.3 is 4.74 Å². The Morgan fingerprint density at radius 3 is 2.81 bits per heavy atom. The van der Waals surface area contributed by atoms with E-state index in [0.717, 1.165) is 5.75 Å². The van der Waals surface area contributed by atoms with E-state index >= 15 is 0 Å². The van der Waals surface area contributed by atoms with Gasteiger partial charge in [-0.1, -0.05) is 18.2 Å². The first-order valence-electron chi connectivity index (χ1n) is 6.40. The highest BCUT2D eigenvalue weighted by atomic mass is 32.2. The van der Waals surface area contributed by atoms with Gasteiger partial charge >= 0.3 is 0 Å². The molecular formula is C15H12N2O3S. The molecule has 106 valence electrons. The van der Waals surface area contributed by atoms with Crippen molar-refractivity contribution in [2.45, 2.75) is 0 Å². The minimum absolute atomic E-state index is 0.164. The summed E-state index contributed by atoms with van der Waals surface area (Å²) in [6.45, 7) is 0.464. The standard InChI is InChI=1S/C15H12N2O3S/c18-12-8-13(15(19)11-9-16-17-14(11)12)21-7-6-20-10-4-2-1-3-5-10/h1-5,8-9H,6-7H2,(H,16,17). The van der Waals surface area contributed by atoms with Gasteiger partial charge in [-0.3, -0.25) is 14.7 Å². The minimum Gasteiger partial charge on any atom is -0.493 e. The Morgan fingerprint density at radius 2 is 2.00 bits per heavy atom. The summed E-state index contributed by atoms with van der Waals surface area (Å²) >= 11 is 1.32. The lowest BCUT2D eigenvalue weighted by atomic mass is 10.0. The topological polar surface area (TPSA) is 72.1 Å². The Balaban J connectivity index is 1.56. The Labute approximate surface area is 125 Å². The maximum atomic E-state index is 12.1. The second kappa shape index (κ2) is 5.97. The molecule has 0 radical (unpaired) electrons. The van der Waals surface area contributed by atoms with Crippen molar-refractivity contribution in [2.75, 3.05) is 12.4 Å². The number of aromatic amines is 1. The number of hydrogen-bond donors (Lipinski definition) is 1. The van der Waals surface area contributed by atoms with Crippen molar-refractivity contribution in [1.82, 2.24) is 10.2 Å². The summed E-state index contributed by atoms with van der Waals surface area (Å²) < 4.78 is 5.55. The van der Waals surface area contributed by atoms with Gasteiger partial charge in [0.2, 0.25) is 11.6 Å². The summed E-state index contributed by atoms with van der Waals surface area (Å²) in [6, 6.07) is 9.46. The van der Waals surface area contributed by atoms with Crippen LogP contribution in [0.2, 0.25) is 0 Å². The number of nitrogens with one attached hydrogen (secondary N) is 1. The molecule has 0 atom stereocenters. The first-order chi connectivity index (χ1) is 10.3. The summed E-state index contributed by atoms with van der Waals surface area (Å²) in [5, 5.41) is 6.29. The minimum atomic E-state index is -0.214. The normalized spacial score (nSPS) is 13.8. The smallest absolute Gasteiger partial charge is 0.205 e. The number of benzene rings is 1. The van der Waals surface area contributed by atoms with Crippen LogP contribution in [0.15, 0.2) is 47.5 Å². The molecular weight excluding hydrogens is 288 g/mol. The number of fused-ring (bicyclic) bond motifs is 1. The number of hydrogen-bond acceptors (Lipinski definition) is 5. The molecule has 1 N–H and O–H groups in total. The van der Waals surface area contributed by atoms with Crippen molar-refractivity contribution < 1.29 is 14.3 Å². The third-order valence-corrected chi connectivity index (χ3v) is 3.95. The molecule has 0 saturated heterocycles. The van der Waals surface area contributed by atoms with Gasteiger partial charge in [0.15, 0.2) is 0 Å². The Morgan fingerprint density at radius 1 is 1.19 bits per heavy atom. The molecule has 1 aliphatic carbocycles. The number of ether oxygens (including phenoxy) is 1. The molecule has 1 aromatic carbocycles. The predicted molar refractivity (Wildman–Crippen MR) is 79.7 cm³/mol. The molecule has 1 aliphatic rings. The van der Waals surface area contributed by atoms with Crippen molar-refractivity contribution in [3.8, 4) is 5.75 Å². The number of rotatable bonds is 5. The van der Waals surface area contributed by atoms with E-state index in [1.165, 1.54) is 24.0 Å². The van der Waals surface area contributed by atoms with E-state index < -0.39 is 0 Å². The molecule has 21 heavy (non-hydrogen) atoms. The summed E-state index contributed by atoms with van der Waals surface area (Å²) in [4.78, 5) is 24.4. The zero-order valence-corrected chi connectivity index (χ0v) is 11.9. The Kier molecular flexibility index (Phi) is 3.87. The number of ketones is 2. The second-order valence-electron chi connectivity index (χ2n) is 4.37. The van der Waals surface area contributed by atoms with Crippen LogP contribution in [0.25, 0.3) is 0 Å². The fraction of sp³-hybridized carbons (Fsp3) is 0.133. The molecule has 0 bridgehead atoms. The number of H-pyrrole nitrogens is 1. The molecule has 0 aliphatic heterocycles. The lowest BCUT2D eigenvalue weighted by molar-refractivity contribution is 0.0989. The Bertz CT molecular complexity index is 707. The molecule has 3 rings (SSSR count). The van der Waals surface area contributed by atoms with E-state index in [1.54, 1.807) is 0 Å². The van der Waals surface area contributed by atoms with Gasteiger partial charge in [0.05, 0.1) is 23.3 Å². The molecule has 0 saturated carbocycles. The summed E-state index contributed by atoms with van der Waals surface area (Å²) in [6.07, 6.45) is 2.75. The zero-order valence-electron chi connectivity index (χ0n) is 11.0. The molecule has 0 amide bonds. The van der Waals surface area contributed by atoms with Crippen LogP contribution in [0.5, 0.6) is 5.75 Å². The van der Waals surface area contributed by atoms with Crippen molar-refractivity contribution in [3.63, 3.8) is 0 Å². The number of para-hydroxylation sites is 1. The number of thioether (sulfide) groups is 1. The first-order valence-corrected chi connectivity index (χ1v) is 7.39. The molecule has 0 spiro atoms. The molecule has 6 heteroatoms. The first kappa shape index (κ1) is 13.6. The molecule has 1 aromatic heterocycles. The van der Waals surface area contributed by atoms with Gasteiger partial charge in [-0.25, -0.2) is 0 Å². The van der Waals surface area contributed by atoms with Crippen LogP contribution in [-0.4, -0.2) is 34.1 Å². The summed E-state index contributed by atoms with van der Waals surface area (Å²) in [5.41, 5.74) is 0.610. The average molecular weight is 300 g/mol. The number of aromatic nitrogens is 2. The maximum Gasteiger partial charge on any atom is 0.205 e. The maximum absolute atomic E-state index is 12.1. The highest BCUT2D eigenvalue weighted by Gasteiger charge is 2.27. The van der Waals surface area contributed by atoms with Crippen LogP contribution in [0.3, 0.4) is 0 Å². The van der Waals surface area contributed by atoms with Crippen LogP contribution >= 0.6 is 11.8 Å². The summed E-state index contributed by atoms with van der Waals surface area (Å²) in [5.74, 6) is 0.999. The molecule has 1 heterocycles. The number of carbonyl (C=O) groups excluding carboxylic acids is 2. The van der Waals surface area contributed by atoms with Gasteiger partial charge in [-0.2, -0.15) is 5.10 Å². The van der Waals surface area contributed by atoms with E-state index in [-0.39, 0.29) is 17.3 Å². The van der Waals surface area contributed by atoms with Crippen molar-refractivity contribution in [1.29, 1.82) is 0 Å². The predicted octanol–water partition coefficient (Wildman–Crippen LogP) is 2.48. The summed E-state index contributed by atoms with van der Waals surface area (Å²) in [7, 11) is 0. The van der Waals surface area contributed by atoms with E-state index in [1.807, 2.05) is 30.3 Å². The van der Waals surface area contributed by atoms with Crippen LogP contribution in [0.1, 0.15) is 20.8 Å². The number of nitrogens with zero attached hydrogens (tertiary/aromatic N) is 1. The van der Waals surface area contributed by atoms with Gasteiger partial charge in [0, 0.05) is 11.8 Å². The SMILES string of the molecule is O=C1C(SCCOc2ccccc2)=CC(=O)c2[nH]ncc21. The van der Waals surface area contributed by atoms with Gasteiger partial charge in [0.1, 0.15) is 11.4 Å². The monoisotopic (exact) mass is 300 g/mol. The number of carbonyl (C=O) groups is 2. The second-order valence-corrected chi connectivity index (χ2v) is 5.51. The van der Waals surface area contributed by atoms with Crippen LogP contribution in [-0.2, 0) is 0 Å². The molecule has 0 unspecified atom stereocenters. The van der Waals surface area contributed by atoms with Gasteiger partial charge in [0.25, 0.3) is 0 Å².